The average molecular weight is 371 g/mol. The van der Waals surface area contributed by atoms with Crippen LogP contribution < -0.4 is 0 Å². The minimum atomic E-state index is -1.08. The van der Waals surface area contributed by atoms with Gasteiger partial charge in [-0.2, -0.15) is 0 Å². The summed E-state index contributed by atoms with van der Waals surface area (Å²) in [6.07, 6.45) is 0. The number of para-hydroxylation sites is 1. The standard InChI is InChI=1S/C19H12Cl2N2O2/c1-9-3-2-4-11-12-8-15(19(24)25)22-17(18(12)23-16(9)11)10-5-6-13(20)14(21)7-10/h2-8,23H,1H3,(H,24,25). The van der Waals surface area contributed by atoms with E-state index in [1.807, 2.05) is 25.1 Å². The fraction of sp³-hybridized carbons (Fsp3) is 0.0526. The Morgan fingerprint density at radius 2 is 1.84 bits per heavy atom. The predicted molar refractivity (Wildman–Crippen MR) is 101 cm³/mol. The second kappa shape index (κ2) is 5.76. The maximum atomic E-state index is 11.6. The van der Waals surface area contributed by atoms with Crippen LogP contribution in [0.1, 0.15) is 16.1 Å². The first kappa shape index (κ1) is 15.9. The molecular weight excluding hydrogens is 359 g/mol. The summed E-state index contributed by atoms with van der Waals surface area (Å²) in [5.41, 5.74) is 4.02. The van der Waals surface area contributed by atoms with Crippen molar-refractivity contribution < 1.29 is 9.90 Å². The van der Waals surface area contributed by atoms with Crippen molar-refractivity contribution in [3.05, 3.63) is 63.8 Å². The molecule has 4 rings (SSSR count). The molecule has 0 atom stereocenters. The number of hydrogen-bond acceptors (Lipinski definition) is 2. The number of carboxylic acids is 1. The van der Waals surface area contributed by atoms with E-state index in [0.29, 0.717) is 21.3 Å². The van der Waals surface area contributed by atoms with Gasteiger partial charge in [-0.15, -0.1) is 0 Å². The minimum absolute atomic E-state index is 0.0176. The maximum Gasteiger partial charge on any atom is 0.354 e. The van der Waals surface area contributed by atoms with E-state index in [2.05, 4.69) is 9.97 Å². The number of pyridine rings is 1. The number of H-pyrrole nitrogens is 1. The van der Waals surface area contributed by atoms with Gasteiger partial charge in [0.05, 0.1) is 21.3 Å². The van der Waals surface area contributed by atoms with E-state index in [9.17, 15) is 9.90 Å². The van der Waals surface area contributed by atoms with Crippen molar-refractivity contribution in [1.29, 1.82) is 0 Å². The van der Waals surface area contributed by atoms with Gasteiger partial charge in [0.2, 0.25) is 0 Å². The molecule has 4 aromatic rings. The molecule has 124 valence electrons. The average Bonchev–Trinajstić information content (AvgIpc) is 2.97. The van der Waals surface area contributed by atoms with E-state index < -0.39 is 5.97 Å². The van der Waals surface area contributed by atoms with Gasteiger partial charge in [0.25, 0.3) is 0 Å². The van der Waals surface area contributed by atoms with Gasteiger partial charge < -0.3 is 10.1 Å². The van der Waals surface area contributed by atoms with Crippen LogP contribution in [0.25, 0.3) is 33.1 Å². The predicted octanol–water partition coefficient (Wildman–Crippen LogP) is 5.70. The fourth-order valence-corrected chi connectivity index (χ4v) is 3.33. The van der Waals surface area contributed by atoms with Crippen LogP contribution in [0.3, 0.4) is 0 Å². The molecule has 0 bridgehead atoms. The first-order valence-corrected chi connectivity index (χ1v) is 8.32. The number of aromatic nitrogens is 2. The van der Waals surface area contributed by atoms with Crippen molar-refractivity contribution in [2.24, 2.45) is 0 Å². The van der Waals surface area contributed by atoms with Gasteiger partial charge in [-0.1, -0.05) is 47.5 Å². The van der Waals surface area contributed by atoms with Crippen molar-refractivity contribution in [3.8, 4) is 11.3 Å². The quantitative estimate of drug-likeness (QED) is 0.475. The molecule has 2 N–H and O–H groups in total. The molecule has 0 aliphatic carbocycles. The maximum absolute atomic E-state index is 11.6. The summed E-state index contributed by atoms with van der Waals surface area (Å²) in [6, 6.07) is 12.7. The summed E-state index contributed by atoms with van der Waals surface area (Å²) < 4.78 is 0. The highest BCUT2D eigenvalue weighted by atomic mass is 35.5. The number of aromatic amines is 1. The molecule has 0 aliphatic rings. The van der Waals surface area contributed by atoms with Crippen LogP contribution in [0.5, 0.6) is 0 Å². The molecule has 0 saturated carbocycles. The Morgan fingerprint density at radius 3 is 2.56 bits per heavy atom. The van der Waals surface area contributed by atoms with E-state index in [4.69, 9.17) is 23.2 Å². The minimum Gasteiger partial charge on any atom is -0.477 e. The normalized spacial score (nSPS) is 11.3. The second-order valence-corrected chi connectivity index (χ2v) is 6.65. The molecule has 0 unspecified atom stereocenters. The van der Waals surface area contributed by atoms with Crippen molar-refractivity contribution in [2.75, 3.05) is 0 Å². The SMILES string of the molecule is Cc1cccc2c1[nH]c1c(-c3ccc(Cl)c(Cl)c3)nc(C(=O)O)cc12. The number of halogens is 2. The number of nitrogens with one attached hydrogen (secondary N) is 1. The molecule has 0 saturated heterocycles. The molecule has 2 aromatic heterocycles. The lowest BCUT2D eigenvalue weighted by Gasteiger charge is -2.06. The highest BCUT2D eigenvalue weighted by Gasteiger charge is 2.17. The molecule has 4 nitrogen and oxygen atoms in total. The van der Waals surface area contributed by atoms with E-state index in [1.165, 1.54) is 0 Å². The van der Waals surface area contributed by atoms with Gasteiger partial charge in [0.15, 0.2) is 0 Å². The van der Waals surface area contributed by atoms with Gasteiger partial charge in [0.1, 0.15) is 5.69 Å². The Bertz CT molecular complexity index is 1170. The zero-order valence-corrected chi connectivity index (χ0v) is 14.6. The zero-order valence-electron chi connectivity index (χ0n) is 13.1. The Kier molecular flexibility index (Phi) is 3.67. The Labute approximate surface area is 153 Å². The number of nitrogens with zero attached hydrogens (tertiary/aromatic N) is 1. The third-order valence-corrected chi connectivity index (χ3v) is 4.98. The zero-order chi connectivity index (χ0) is 17.7. The van der Waals surface area contributed by atoms with Crippen LogP contribution in [0.15, 0.2) is 42.5 Å². The molecule has 0 aliphatic heterocycles. The molecule has 25 heavy (non-hydrogen) atoms. The van der Waals surface area contributed by atoms with Crippen LogP contribution in [-0.4, -0.2) is 21.0 Å². The summed E-state index contributed by atoms with van der Waals surface area (Å²) in [6.45, 7) is 2.00. The summed E-state index contributed by atoms with van der Waals surface area (Å²) >= 11 is 12.1. The summed E-state index contributed by atoms with van der Waals surface area (Å²) in [4.78, 5) is 19.3. The van der Waals surface area contributed by atoms with Crippen LogP contribution in [-0.2, 0) is 0 Å². The van der Waals surface area contributed by atoms with Gasteiger partial charge in [-0.3, -0.25) is 0 Å². The number of fused-ring (bicyclic) bond motifs is 3. The number of carbonyl (C=O) groups is 1. The molecule has 6 heteroatoms. The molecule has 0 amide bonds. The highest BCUT2D eigenvalue weighted by Crippen LogP contribution is 2.35. The number of hydrogen-bond donors (Lipinski definition) is 2. The van der Waals surface area contributed by atoms with Gasteiger partial charge in [-0.05, 0) is 30.7 Å². The molecule has 0 fully saturated rings. The molecule has 2 heterocycles. The van der Waals surface area contributed by atoms with E-state index in [0.717, 1.165) is 27.4 Å². The monoisotopic (exact) mass is 370 g/mol. The van der Waals surface area contributed by atoms with Crippen LogP contribution in [0, 0.1) is 6.92 Å². The van der Waals surface area contributed by atoms with Crippen molar-refractivity contribution in [1.82, 2.24) is 9.97 Å². The number of aromatic carboxylic acids is 1. The molecule has 0 radical (unpaired) electrons. The lowest BCUT2D eigenvalue weighted by atomic mass is 10.1. The smallest absolute Gasteiger partial charge is 0.354 e. The third-order valence-electron chi connectivity index (χ3n) is 4.24. The first-order valence-electron chi connectivity index (χ1n) is 7.56. The Morgan fingerprint density at radius 1 is 1.04 bits per heavy atom. The van der Waals surface area contributed by atoms with Crippen molar-refractivity contribution in [3.63, 3.8) is 0 Å². The number of aryl methyl sites for hydroxylation is 1. The van der Waals surface area contributed by atoms with E-state index >= 15 is 0 Å². The fourth-order valence-electron chi connectivity index (χ4n) is 3.03. The Hall–Kier alpha value is -2.56. The summed E-state index contributed by atoms with van der Waals surface area (Å²) in [5.74, 6) is -1.08. The lowest BCUT2D eigenvalue weighted by Crippen LogP contribution is -2.01. The summed E-state index contributed by atoms with van der Waals surface area (Å²) in [5, 5.41) is 12.1. The molecule has 2 aromatic carbocycles. The van der Waals surface area contributed by atoms with Crippen LogP contribution in [0.2, 0.25) is 10.0 Å². The van der Waals surface area contributed by atoms with Gasteiger partial charge in [0, 0.05) is 21.9 Å². The van der Waals surface area contributed by atoms with Crippen LogP contribution >= 0.6 is 23.2 Å². The number of carboxylic acid groups (broad SMARTS) is 1. The molecule has 0 spiro atoms. The van der Waals surface area contributed by atoms with Gasteiger partial charge >= 0.3 is 5.97 Å². The van der Waals surface area contributed by atoms with Crippen molar-refractivity contribution >= 4 is 51.0 Å². The molecular formula is C19H12Cl2N2O2. The first-order chi connectivity index (χ1) is 12.0. The highest BCUT2D eigenvalue weighted by molar-refractivity contribution is 6.42. The van der Waals surface area contributed by atoms with E-state index in [-0.39, 0.29) is 5.69 Å². The van der Waals surface area contributed by atoms with Crippen LogP contribution in [0.4, 0.5) is 0 Å². The Balaban J connectivity index is 2.14. The summed E-state index contributed by atoms with van der Waals surface area (Å²) in [7, 11) is 0. The lowest BCUT2D eigenvalue weighted by molar-refractivity contribution is 0.0691. The van der Waals surface area contributed by atoms with E-state index in [1.54, 1.807) is 24.3 Å². The second-order valence-electron chi connectivity index (χ2n) is 5.84. The van der Waals surface area contributed by atoms with Crippen molar-refractivity contribution in [2.45, 2.75) is 6.92 Å². The largest absolute Gasteiger partial charge is 0.477 e. The third kappa shape index (κ3) is 2.54. The number of rotatable bonds is 2. The topological polar surface area (TPSA) is 66.0 Å². The number of benzene rings is 2. The van der Waals surface area contributed by atoms with Gasteiger partial charge in [-0.25, -0.2) is 9.78 Å².